The average molecular weight is 323 g/mol. The van der Waals surface area contributed by atoms with E-state index in [1.165, 1.54) is 12.4 Å². The van der Waals surface area contributed by atoms with E-state index in [0.29, 0.717) is 11.3 Å². The smallest absolute Gasteiger partial charge is 0.329 e. The second kappa shape index (κ2) is 5.96. The summed E-state index contributed by atoms with van der Waals surface area (Å²) >= 11 is 0. The van der Waals surface area contributed by atoms with Gasteiger partial charge in [-0.3, -0.25) is 4.79 Å². The van der Waals surface area contributed by atoms with Crippen molar-refractivity contribution in [2.75, 3.05) is 4.90 Å². The predicted octanol–water partition coefficient (Wildman–Crippen LogP) is 1.89. The molecule has 0 spiro atoms. The number of amides is 3. The first kappa shape index (κ1) is 15.4. The normalized spacial score (nSPS) is 16.7. The van der Waals surface area contributed by atoms with E-state index < -0.39 is 12.1 Å². The monoisotopic (exact) mass is 323 g/mol. The Hall–Kier alpha value is -3.47. The van der Waals surface area contributed by atoms with Gasteiger partial charge in [0.25, 0.3) is 5.91 Å². The third kappa shape index (κ3) is 2.75. The fraction of sp³-hybridized carbons (Fsp3) is 0.188. The van der Waals surface area contributed by atoms with Crippen LogP contribution in [0.1, 0.15) is 18.1 Å². The maximum Gasteiger partial charge on any atom is 0.329 e. The number of ether oxygens (including phenoxy) is 1. The van der Waals surface area contributed by atoms with E-state index in [-0.39, 0.29) is 17.6 Å². The van der Waals surface area contributed by atoms with Gasteiger partial charge in [-0.1, -0.05) is 0 Å². The molecule has 1 aromatic heterocycles. The number of aryl methyl sites for hydroxylation is 1. The zero-order valence-corrected chi connectivity index (χ0v) is 13.0. The van der Waals surface area contributed by atoms with Crippen LogP contribution in [0.25, 0.3) is 0 Å². The van der Waals surface area contributed by atoms with Gasteiger partial charge in [0, 0.05) is 0 Å². The van der Waals surface area contributed by atoms with Gasteiger partial charge < -0.3 is 10.1 Å². The molecule has 0 saturated carbocycles. The minimum Gasteiger partial charge on any atom is -0.424 e. The van der Waals surface area contributed by atoms with E-state index in [1.807, 2.05) is 6.07 Å². The second-order valence-electron chi connectivity index (χ2n) is 5.26. The number of carbonyl (C=O) groups excluding carboxylic acids is 2. The van der Waals surface area contributed by atoms with Crippen molar-refractivity contribution in [1.29, 1.82) is 5.26 Å². The van der Waals surface area contributed by atoms with E-state index in [0.717, 1.165) is 10.5 Å². The predicted molar refractivity (Wildman–Crippen MR) is 83.5 cm³/mol. The Morgan fingerprint density at radius 2 is 2.00 bits per heavy atom. The van der Waals surface area contributed by atoms with Crippen molar-refractivity contribution in [3.63, 3.8) is 0 Å². The molecule has 2 aromatic rings. The Bertz CT molecular complexity index is 857. The lowest BCUT2D eigenvalue weighted by molar-refractivity contribution is -0.117. The van der Waals surface area contributed by atoms with Crippen LogP contribution >= 0.6 is 0 Å². The maximum atomic E-state index is 11.9. The third-order valence-electron chi connectivity index (χ3n) is 3.51. The molecule has 2 heterocycles. The number of hydrogen-bond donors (Lipinski definition) is 1. The van der Waals surface area contributed by atoms with Crippen LogP contribution in [0.3, 0.4) is 0 Å². The summed E-state index contributed by atoms with van der Waals surface area (Å²) in [5.74, 6) is 0.158. The first-order chi connectivity index (χ1) is 11.5. The molecule has 8 heteroatoms. The summed E-state index contributed by atoms with van der Waals surface area (Å²) in [6, 6.07) is 6.02. The van der Waals surface area contributed by atoms with Gasteiger partial charge >= 0.3 is 12.0 Å². The molecular formula is C16H13N5O3. The number of rotatable bonds is 3. The number of carbonyl (C=O) groups is 2. The van der Waals surface area contributed by atoms with E-state index in [9.17, 15) is 9.59 Å². The number of nitriles is 1. The summed E-state index contributed by atoms with van der Waals surface area (Å²) in [7, 11) is 0. The minimum atomic E-state index is -0.574. The summed E-state index contributed by atoms with van der Waals surface area (Å²) in [5.41, 5.74) is 1.57. The molecule has 3 rings (SSSR count). The van der Waals surface area contributed by atoms with Crippen LogP contribution in [0.2, 0.25) is 0 Å². The van der Waals surface area contributed by atoms with Gasteiger partial charge in [0.2, 0.25) is 0 Å². The van der Waals surface area contributed by atoms with Crippen molar-refractivity contribution in [3.05, 3.63) is 41.7 Å². The fourth-order valence-corrected chi connectivity index (χ4v) is 2.26. The van der Waals surface area contributed by atoms with Crippen LogP contribution in [0.4, 0.5) is 10.5 Å². The molecular weight excluding hydrogens is 310 g/mol. The molecule has 0 aliphatic carbocycles. The van der Waals surface area contributed by atoms with Crippen LogP contribution in [0.5, 0.6) is 11.8 Å². The molecule has 1 N–H and O–H groups in total. The van der Waals surface area contributed by atoms with E-state index in [2.05, 4.69) is 15.3 Å². The van der Waals surface area contributed by atoms with Gasteiger partial charge in [0.05, 0.1) is 29.7 Å². The van der Waals surface area contributed by atoms with Crippen LogP contribution < -0.4 is 15.0 Å². The van der Waals surface area contributed by atoms with Crippen LogP contribution in [-0.2, 0) is 4.79 Å². The molecule has 3 amide bonds. The first-order valence-corrected chi connectivity index (χ1v) is 7.14. The summed E-state index contributed by atoms with van der Waals surface area (Å²) in [4.78, 5) is 32.7. The van der Waals surface area contributed by atoms with Crippen LogP contribution in [-0.4, -0.2) is 27.9 Å². The molecule has 8 nitrogen and oxygen atoms in total. The topological polar surface area (TPSA) is 108 Å². The standard InChI is InChI=1S/C16H13N5O3/c1-9-5-11(6-17)3-4-13(9)24-15-18-7-12(8-19-15)21-14(22)10(2)20-16(21)23/h3-5,7-8,10H,1-2H3,(H,20,23)/t10-/m1/s1. The lowest BCUT2D eigenvalue weighted by Crippen LogP contribution is -2.31. The number of benzene rings is 1. The summed E-state index contributed by atoms with van der Waals surface area (Å²) in [6.45, 7) is 3.41. The largest absolute Gasteiger partial charge is 0.424 e. The van der Waals surface area contributed by atoms with Crippen molar-refractivity contribution < 1.29 is 14.3 Å². The average Bonchev–Trinajstić information content (AvgIpc) is 2.83. The molecule has 1 fully saturated rings. The summed E-state index contributed by atoms with van der Waals surface area (Å²) < 4.78 is 5.57. The lowest BCUT2D eigenvalue weighted by Gasteiger charge is -2.12. The van der Waals surface area contributed by atoms with Gasteiger partial charge in [0.1, 0.15) is 11.8 Å². The number of aromatic nitrogens is 2. The number of urea groups is 1. The van der Waals surface area contributed by atoms with Crippen molar-refractivity contribution in [3.8, 4) is 17.8 Å². The molecule has 1 atom stereocenters. The zero-order chi connectivity index (χ0) is 17.3. The number of anilines is 1. The molecule has 0 bridgehead atoms. The fourth-order valence-electron chi connectivity index (χ4n) is 2.26. The number of hydrogen-bond acceptors (Lipinski definition) is 6. The second-order valence-corrected chi connectivity index (χ2v) is 5.26. The summed E-state index contributed by atoms with van der Waals surface area (Å²) in [6.07, 6.45) is 2.69. The SMILES string of the molecule is Cc1cc(C#N)ccc1Oc1ncc(N2C(=O)N[C@H](C)C2=O)cn1. The van der Waals surface area contributed by atoms with Gasteiger partial charge in [-0.05, 0) is 37.6 Å². The molecule has 0 unspecified atom stereocenters. The number of imide groups is 1. The molecule has 1 aliphatic rings. The van der Waals surface area contributed by atoms with Crippen molar-refractivity contribution in [2.24, 2.45) is 0 Å². The third-order valence-corrected chi connectivity index (χ3v) is 3.51. The number of nitrogens with one attached hydrogen (secondary N) is 1. The van der Waals surface area contributed by atoms with Crippen LogP contribution in [0, 0.1) is 18.3 Å². The lowest BCUT2D eigenvalue weighted by atomic mass is 10.1. The van der Waals surface area contributed by atoms with Gasteiger partial charge in [-0.15, -0.1) is 0 Å². The first-order valence-electron chi connectivity index (χ1n) is 7.14. The molecule has 1 aliphatic heterocycles. The molecule has 0 radical (unpaired) electrons. The Balaban J connectivity index is 1.79. The minimum absolute atomic E-state index is 0.0756. The van der Waals surface area contributed by atoms with Crippen LogP contribution in [0.15, 0.2) is 30.6 Å². The highest BCUT2D eigenvalue weighted by molar-refractivity contribution is 6.21. The van der Waals surface area contributed by atoms with E-state index in [4.69, 9.17) is 10.00 Å². The van der Waals surface area contributed by atoms with Crippen molar-refractivity contribution >= 4 is 17.6 Å². The Labute approximate surface area is 137 Å². The van der Waals surface area contributed by atoms with Gasteiger partial charge in [-0.2, -0.15) is 5.26 Å². The Kier molecular flexibility index (Phi) is 3.83. The highest BCUT2D eigenvalue weighted by Crippen LogP contribution is 2.24. The highest BCUT2D eigenvalue weighted by Gasteiger charge is 2.36. The molecule has 1 aromatic carbocycles. The molecule has 1 saturated heterocycles. The van der Waals surface area contributed by atoms with E-state index in [1.54, 1.807) is 32.0 Å². The molecule has 24 heavy (non-hydrogen) atoms. The van der Waals surface area contributed by atoms with E-state index >= 15 is 0 Å². The van der Waals surface area contributed by atoms with Crippen molar-refractivity contribution in [2.45, 2.75) is 19.9 Å². The Morgan fingerprint density at radius 3 is 2.54 bits per heavy atom. The van der Waals surface area contributed by atoms with Crippen molar-refractivity contribution in [1.82, 2.24) is 15.3 Å². The molecule has 120 valence electrons. The quantitative estimate of drug-likeness (QED) is 0.864. The summed E-state index contributed by atoms with van der Waals surface area (Å²) in [5, 5.41) is 11.4. The number of nitrogens with zero attached hydrogens (tertiary/aromatic N) is 4. The highest BCUT2D eigenvalue weighted by atomic mass is 16.5. The van der Waals surface area contributed by atoms with Gasteiger partial charge in [0.15, 0.2) is 0 Å². The Morgan fingerprint density at radius 1 is 1.29 bits per heavy atom. The maximum absolute atomic E-state index is 11.9. The van der Waals surface area contributed by atoms with Gasteiger partial charge in [-0.25, -0.2) is 19.7 Å². The zero-order valence-electron chi connectivity index (χ0n) is 13.0.